The average molecular weight is 276 g/mol. The first-order valence-electron chi connectivity index (χ1n) is 4.83. The molecular weight excluding hydrogens is 262 g/mol. The summed E-state index contributed by atoms with van der Waals surface area (Å²) < 4.78 is 7.14. The smallest absolute Gasteiger partial charge is 0.175 e. The summed E-state index contributed by atoms with van der Waals surface area (Å²) in [6.45, 7) is 4.31. The highest BCUT2D eigenvalue weighted by atomic mass is 79.9. The number of nitrogens with one attached hydrogen (secondary N) is 1. The van der Waals surface area contributed by atoms with Crippen LogP contribution in [0.1, 0.15) is 19.8 Å². The first-order chi connectivity index (χ1) is 6.68. The molecule has 2 nitrogen and oxygen atoms in total. The quantitative estimate of drug-likeness (QED) is 0.896. The van der Waals surface area contributed by atoms with E-state index in [2.05, 4.69) is 28.2 Å². The molecule has 1 fully saturated rings. The van der Waals surface area contributed by atoms with Gasteiger partial charge in [0.05, 0.1) is 3.79 Å². The summed E-state index contributed by atoms with van der Waals surface area (Å²) in [5.41, 5.74) is 0.0234. The fourth-order valence-electron chi connectivity index (χ4n) is 1.65. The Labute approximate surface area is 96.8 Å². The predicted octanol–water partition coefficient (Wildman–Crippen LogP) is 3.03. The van der Waals surface area contributed by atoms with Gasteiger partial charge in [-0.05, 0) is 60.9 Å². The van der Waals surface area contributed by atoms with E-state index in [0.717, 1.165) is 34.8 Å². The van der Waals surface area contributed by atoms with Crippen LogP contribution in [0.25, 0.3) is 0 Å². The predicted molar refractivity (Wildman–Crippen MR) is 63.2 cm³/mol. The van der Waals surface area contributed by atoms with Crippen LogP contribution in [0.3, 0.4) is 0 Å². The molecule has 4 heteroatoms. The zero-order chi connectivity index (χ0) is 10.0. The highest BCUT2D eigenvalue weighted by molar-refractivity contribution is 9.11. The molecule has 0 bridgehead atoms. The van der Waals surface area contributed by atoms with Crippen molar-refractivity contribution in [2.75, 3.05) is 13.1 Å². The van der Waals surface area contributed by atoms with Crippen molar-refractivity contribution in [2.45, 2.75) is 25.4 Å². The number of hydrogen-bond acceptors (Lipinski definition) is 3. The van der Waals surface area contributed by atoms with Crippen molar-refractivity contribution in [1.82, 2.24) is 5.32 Å². The molecule has 0 unspecified atom stereocenters. The maximum atomic E-state index is 6.01. The van der Waals surface area contributed by atoms with Gasteiger partial charge in [-0.1, -0.05) is 11.3 Å². The molecule has 0 atom stereocenters. The van der Waals surface area contributed by atoms with Gasteiger partial charge < -0.3 is 10.1 Å². The van der Waals surface area contributed by atoms with Crippen LogP contribution in [-0.2, 0) is 0 Å². The Bertz CT molecular complexity index is 307. The molecule has 1 N–H and O–H groups in total. The molecule has 0 aromatic carbocycles. The van der Waals surface area contributed by atoms with E-state index in [1.807, 2.05) is 12.1 Å². The molecule has 0 radical (unpaired) electrons. The van der Waals surface area contributed by atoms with Gasteiger partial charge in [0.25, 0.3) is 0 Å². The van der Waals surface area contributed by atoms with Crippen LogP contribution in [0.4, 0.5) is 0 Å². The third kappa shape index (κ3) is 2.49. The van der Waals surface area contributed by atoms with Crippen LogP contribution < -0.4 is 10.1 Å². The summed E-state index contributed by atoms with van der Waals surface area (Å²) in [7, 11) is 0. The molecular formula is C10H14BrNOS. The molecule has 0 saturated carbocycles. The van der Waals surface area contributed by atoms with Crippen LogP contribution in [0.15, 0.2) is 15.9 Å². The van der Waals surface area contributed by atoms with Crippen LogP contribution in [0.2, 0.25) is 0 Å². The topological polar surface area (TPSA) is 21.3 Å². The monoisotopic (exact) mass is 275 g/mol. The summed E-state index contributed by atoms with van der Waals surface area (Å²) in [5.74, 6) is 0. The molecule has 2 heterocycles. The van der Waals surface area contributed by atoms with Gasteiger partial charge >= 0.3 is 0 Å². The maximum absolute atomic E-state index is 6.01. The van der Waals surface area contributed by atoms with E-state index < -0.39 is 0 Å². The van der Waals surface area contributed by atoms with E-state index >= 15 is 0 Å². The summed E-state index contributed by atoms with van der Waals surface area (Å²) >= 11 is 5.09. The van der Waals surface area contributed by atoms with Crippen molar-refractivity contribution in [3.05, 3.63) is 15.9 Å². The third-order valence-electron chi connectivity index (χ3n) is 2.56. The third-order valence-corrected chi connectivity index (χ3v) is 4.06. The lowest BCUT2D eigenvalue weighted by Crippen LogP contribution is -2.43. The van der Waals surface area contributed by atoms with E-state index in [1.165, 1.54) is 0 Å². The highest BCUT2D eigenvalue weighted by Crippen LogP contribution is 2.33. The number of thiophene rings is 1. The number of hydrogen-bond donors (Lipinski definition) is 1. The van der Waals surface area contributed by atoms with Crippen LogP contribution in [0.5, 0.6) is 5.06 Å². The first kappa shape index (κ1) is 10.5. The van der Waals surface area contributed by atoms with E-state index in [0.29, 0.717) is 0 Å². The fourth-order valence-corrected chi connectivity index (χ4v) is 2.97. The lowest BCUT2D eigenvalue weighted by Gasteiger charge is -2.33. The van der Waals surface area contributed by atoms with E-state index in [4.69, 9.17) is 4.74 Å². The lowest BCUT2D eigenvalue weighted by atomic mass is 9.95. The van der Waals surface area contributed by atoms with E-state index in [9.17, 15) is 0 Å². The Kier molecular flexibility index (Phi) is 3.14. The summed E-state index contributed by atoms with van der Waals surface area (Å²) in [6.07, 6.45) is 2.17. The van der Waals surface area contributed by atoms with Gasteiger partial charge in [0.1, 0.15) is 5.60 Å². The highest BCUT2D eigenvalue weighted by Gasteiger charge is 2.28. The molecule has 0 amide bonds. The summed E-state index contributed by atoms with van der Waals surface area (Å²) in [5, 5.41) is 4.36. The van der Waals surface area contributed by atoms with E-state index in [-0.39, 0.29) is 5.60 Å². The van der Waals surface area contributed by atoms with Crippen molar-refractivity contribution in [3.63, 3.8) is 0 Å². The molecule has 78 valence electrons. The number of rotatable bonds is 2. The minimum atomic E-state index is 0.0234. The first-order valence-corrected chi connectivity index (χ1v) is 6.44. The number of piperidine rings is 1. The lowest BCUT2D eigenvalue weighted by molar-refractivity contribution is 0.0596. The number of halogens is 1. The molecule has 2 rings (SSSR count). The second-order valence-electron chi connectivity index (χ2n) is 3.86. The van der Waals surface area contributed by atoms with E-state index in [1.54, 1.807) is 11.3 Å². The van der Waals surface area contributed by atoms with Gasteiger partial charge in [-0.3, -0.25) is 0 Å². The average Bonchev–Trinajstić information content (AvgIpc) is 2.51. The van der Waals surface area contributed by atoms with Crippen LogP contribution >= 0.6 is 27.3 Å². The second-order valence-corrected chi connectivity index (χ2v) is 6.29. The van der Waals surface area contributed by atoms with Crippen molar-refractivity contribution in [2.24, 2.45) is 0 Å². The minimum Gasteiger partial charge on any atom is -0.478 e. The van der Waals surface area contributed by atoms with Gasteiger partial charge in [-0.25, -0.2) is 0 Å². The SMILES string of the molecule is CC1(Oc2ccc(Br)s2)CCNCC1. The van der Waals surface area contributed by atoms with Crippen molar-refractivity contribution < 1.29 is 4.74 Å². The Morgan fingerprint density at radius 3 is 2.71 bits per heavy atom. The normalized spacial score (nSPS) is 20.7. The molecule has 1 saturated heterocycles. The largest absolute Gasteiger partial charge is 0.478 e. The van der Waals surface area contributed by atoms with Crippen molar-refractivity contribution in [3.8, 4) is 5.06 Å². The molecule has 1 aliphatic rings. The molecule has 1 aliphatic heterocycles. The maximum Gasteiger partial charge on any atom is 0.175 e. The van der Waals surface area contributed by atoms with Gasteiger partial charge in [0.15, 0.2) is 5.06 Å². The summed E-state index contributed by atoms with van der Waals surface area (Å²) in [6, 6.07) is 4.06. The van der Waals surface area contributed by atoms with Gasteiger partial charge in [-0.15, -0.1) is 0 Å². The zero-order valence-electron chi connectivity index (χ0n) is 8.18. The fraction of sp³-hybridized carbons (Fsp3) is 0.600. The van der Waals surface area contributed by atoms with Gasteiger partial charge in [-0.2, -0.15) is 0 Å². The standard InChI is InChI=1S/C10H14BrNOS/c1-10(4-6-12-7-5-10)13-9-3-2-8(11)14-9/h2-3,12H,4-7H2,1H3. The Hall–Kier alpha value is -0.0600. The molecule has 14 heavy (non-hydrogen) atoms. The second kappa shape index (κ2) is 4.21. The summed E-state index contributed by atoms with van der Waals surface area (Å²) in [4.78, 5) is 0. The Morgan fingerprint density at radius 1 is 1.43 bits per heavy atom. The molecule has 1 aromatic heterocycles. The zero-order valence-corrected chi connectivity index (χ0v) is 10.6. The molecule has 1 aromatic rings. The van der Waals surface area contributed by atoms with Gasteiger partial charge in [0.2, 0.25) is 0 Å². The molecule has 0 aliphatic carbocycles. The van der Waals surface area contributed by atoms with Crippen molar-refractivity contribution >= 4 is 27.3 Å². The minimum absolute atomic E-state index is 0.0234. The van der Waals surface area contributed by atoms with Crippen LogP contribution in [-0.4, -0.2) is 18.7 Å². The Balaban J connectivity index is 2.01. The van der Waals surface area contributed by atoms with Gasteiger partial charge in [0, 0.05) is 0 Å². The number of ether oxygens (including phenoxy) is 1. The van der Waals surface area contributed by atoms with Crippen LogP contribution in [0, 0.1) is 0 Å². The Morgan fingerprint density at radius 2 is 2.14 bits per heavy atom. The molecule has 0 spiro atoms. The van der Waals surface area contributed by atoms with Crippen molar-refractivity contribution in [1.29, 1.82) is 0 Å².